The van der Waals surface area contributed by atoms with Gasteiger partial charge in [-0.05, 0) is 97.7 Å². The standard InChI is InChI=1S/C39H51N13O4/c1-8-51-33(20-25(3)46-51)44-36-42-29-22-27(35(40)54)12-14-31(29)49(36)17-10-11-18-50-32-15-13-28(48(24-53)19-16-41-38(55)56-39(5,6)7)23-30(32)43-37(50)45-34-21-26(4)47-52(34)9-2/h12-15,20-24H,8-11,16-19H2,1-7H3,(H2,40,54)(H,41,55)(H,42,44)(H,43,45). The molecule has 0 aliphatic carbocycles. The number of carbonyl (C=O) groups excluding carboxylic acids is 3. The summed E-state index contributed by atoms with van der Waals surface area (Å²) in [4.78, 5) is 47.7. The zero-order chi connectivity index (χ0) is 40.1. The smallest absolute Gasteiger partial charge is 0.407 e. The first kappa shape index (κ1) is 39.3. The van der Waals surface area contributed by atoms with Crippen LogP contribution < -0.4 is 26.6 Å². The predicted octanol–water partition coefficient (Wildman–Crippen LogP) is 5.99. The number of unbranched alkanes of at least 4 members (excludes halogenated alkanes) is 1. The Bertz CT molecular complexity index is 2360. The molecule has 0 unspecified atom stereocenters. The number of primary amides is 1. The number of rotatable bonds is 17. The third-order valence-corrected chi connectivity index (χ3v) is 9.14. The SMILES string of the molecule is CCn1nc(C)cc1Nc1nc2cc(C(N)=O)ccc2n1CCCCn1c(Nc2cc(C)nn2CC)nc2cc(N(C=O)CCNC(=O)OC(C)(C)C)ccc21. The van der Waals surface area contributed by atoms with E-state index in [0.717, 1.165) is 53.3 Å². The highest BCUT2D eigenvalue weighted by atomic mass is 16.6. The van der Waals surface area contributed by atoms with Crippen LogP contribution in [-0.4, -0.2) is 75.8 Å². The Hall–Kier alpha value is -6.39. The summed E-state index contributed by atoms with van der Waals surface area (Å²) in [5.41, 5.74) is 10.9. The normalized spacial score (nSPS) is 11.6. The molecule has 2 aromatic carbocycles. The summed E-state index contributed by atoms with van der Waals surface area (Å²) in [5, 5.41) is 18.9. The van der Waals surface area contributed by atoms with Gasteiger partial charge in [0.25, 0.3) is 0 Å². The van der Waals surface area contributed by atoms with Crippen molar-refractivity contribution < 1.29 is 19.1 Å². The second-order valence-corrected chi connectivity index (χ2v) is 14.6. The quantitative estimate of drug-likeness (QED) is 0.0632. The second-order valence-electron chi connectivity index (χ2n) is 14.6. The molecule has 0 aliphatic rings. The molecule has 56 heavy (non-hydrogen) atoms. The molecule has 4 heterocycles. The molecule has 0 radical (unpaired) electrons. The Morgan fingerprint density at radius 1 is 0.821 bits per heavy atom. The van der Waals surface area contributed by atoms with Gasteiger partial charge in [0.05, 0.1) is 33.5 Å². The predicted molar refractivity (Wildman–Crippen MR) is 217 cm³/mol. The van der Waals surface area contributed by atoms with Gasteiger partial charge in [0.1, 0.15) is 17.2 Å². The van der Waals surface area contributed by atoms with E-state index >= 15 is 0 Å². The summed E-state index contributed by atoms with van der Waals surface area (Å²) in [5.74, 6) is 2.43. The number of aryl methyl sites for hydroxylation is 6. The van der Waals surface area contributed by atoms with E-state index in [2.05, 4.69) is 35.3 Å². The number of anilines is 5. The highest BCUT2D eigenvalue weighted by Crippen LogP contribution is 2.29. The van der Waals surface area contributed by atoms with Gasteiger partial charge >= 0.3 is 6.09 Å². The molecular formula is C39H51N13O4. The molecule has 296 valence electrons. The molecule has 0 aliphatic heterocycles. The number of ether oxygens (including phenoxy) is 1. The molecule has 17 nitrogen and oxygen atoms in total. The van der Waals surface area contributed by atoms with Crippen LogP contribution in [0.4, 0.5) is 34.0 Å². The lowest BCUT2D eigenvalue weighted by atomic mass is 10.2. The van der Waals surface area contributed by atoms with Crippen LogP contribution in [0.5, 0.6) is 0 Å². The lowest BCUT2D eigenvalue weighted by molar-refractivity contribution is -0.107. The van der Waals surface area contributed by atoms with Gasteiger partial charge < -0.3 is 40.5 Å². The van der Waals surface area contributed by atoms with Crippen molar-refractivity contribution in [3.8, 4) is 0 Å². The number of hydrogen-bond acceptors (Lipinski definition) is 10. The number of nitrogens with zero attached hydrogens (tertiary/aromatic N) is 9. The van der Waals surface area contributed by atoms with Crippen LogP contribution in [0.25, 0.3) is 22.1 Å². The summed E-state index contributed by atoms with van der Waals surface area (Å²) >= 11 is 0. The fourth-order valence-electron chi connectivity index (χ4n) is 6.60. The number of carbonyl (C=O) groups is 3. The van der Waals surface area contributed by atoms with Crippen molar-refractivity contribution in [2.75, 3.05) is 28.6 Å². The number of nitrogens with two attached hydrogens (primary N) is 1. The monoisotopic (exact) mass is 765 g/mol. The topological polar surface area (TPSA) is 197 Å². The van der Waals surface area contributed by atoms with Gasteiger partial charge in [0.2, 0.25) is 24.2 Å². The fourth-order valence-corrected chi connectivity index (χ4v) is 6.60. The second kappa shape index (κ2) is 16.5. The Morgan fingerprint density at radius 2 is 1.36 bits per heavy atom. The minimum absolute atomic E-state index is 0.213. The Labute approximate surface area is 325 Å². The van der Waals surface area contributed by atoms with Crippen LogP contribution in [0.3, 0.4) is 0 Å². The first-order chi connectivity index (χ1) is 26.8. The number of imidazole rings is 2. The summed E-state index contributed by atoms with van der Waals surface area (Å²) in [6, 6.07) is 15.0. The summed E-state index contributed by atoms with van der Waals surface area (Å²) in [6.07, 6.45) is 1.77. The maximum Gasteiger partial charge on any atom is 0.407 e. The van der Waals surface area contributed by atoms with E-state index in [9.17, 15) is 14.4 Å². The van der Waals surface area contributed by atoms with E-state index < -0.39 is 17.6 Å². The zero-order valence-electron chi connectivity index (χ0n) is 33.1. The molecule has 0 saturated heterocycles. The molecule has 6 rings (SSSR count). The van der Waals surface area contributed by atoms with Gasteiger partial charge in [-0.25, -0.2) is 24.1 Å². The summed E-state index contributed by atoms with van der Waals surface area (Å²) in [6.45, 7) is 16.5. The number of hydrogen-bond donors (Lipinski definition) is 4. The lowest BCUT2D eigenvalue weighted by Crippen LogP contribution is -2.37. The molecule has 0 atom stereocenters. The van der Waals surface area contributed by atoms with Crippen LogP contribution in [0, 0.1) is 13.8 Å². The summed E-state index contributed by atoms with van der Waals surface area (Å²) in [7, 11) is 0. The van der Waals surface area contributed by atoms with Crippen LogP contribution in [0.1, 0.15) is 69.2 Å². The van der Waals surface area contributed by atoms with Crippen molar-refractivity contribution >= 4 is 69.7 Å². The molecule has 0 fully saturated rings. The van der Waals surface area contributed by atoms with Crippen molar-refractivity contribution in [3.63, 3.8) is 0 Å². The van der Waals surface area contributed by atoms with Gasteiger partial charge in [-0.3, -0.25) is 9.59 Å². The third-order valence-electron chi connectivity index (χ3n) is 9.14. The van der Waals surface area contributed by atoms with Gasteiger partial charge in [-0.15, -0.1) is 0 Å². The molecule has 4 aromatic heterocycles. The van der Waals surface area contributed by atoms with Crippen LogP contribution in [-0.2, 0) is 35.7 Å². The van der Waals surface area contributed by atoms with Crippen LogP contribution >= 0.6 is 0 Å². The van der Waals surface area contributed by atoms with Crippen LogP contribution in [0.2, 0.25) is 0 Å². The maximum atomic E-state index is 12.2. The molecule has 17 heteroatoms. The van der Waals surface area contributed by atoms with Crippen molar-refractivity contribution in [1.82, 2.24) is 44.0 Å². The number of nitrogens with one attached hydrogen (secondary N) is 3. The van der Waals surface area contributed by atoms with Gasteiger partial charge in [0, 0.05) is 62.7 Å². The van der Waals surface area contributed by atoms with Crippen molar-refractivity contribution in [2.45, 2.75) is 93.1 Å². The van der Waals surface area contributed by atoms with E-state index in [1.165, 1.54) is 4.90 Å². The highest BCUT2D eigenvalue weighted by Gasteiger charge is 2.19. The molecule has 6 aromatic rings. The van der Waals surface area contributed by atoms with Crippen molar-refractivity contribution in [1.29, 1.82) is 0 Å². The minimum Gasteiger partial charge on any atom is -0.444 e. The Balaban J connectivity index is 1.24. The Morgan fingerprint density at radius 3 is 1.86 bits per heavy atom. The molecule has 5 N–H and O–H groups in total. The van der Waals surface area contributed by atoms with Crippen molar-refractivity contribution in [2.24, 2.45) is 5.73 Å². The minimum atomic E-state index is -0.623. The van der Waals surface area contributed by atoms with E-state index in [0.29, 0.717) is 60.4 Å². The number of amides is 3. The molecule has 0 saturated carbocycles. The molecular weight excluding hydrogens is 715 g/mol. The fraction of sp³-hybridized carbons (Fsp3) is 0.410. The summed E-state index contributed by atoms with van der Waals surface area (Å²) < 4.78 is 13.4. The maximum absolute atomic E-state index is 12.2. The lowest BCUT2D eigenvalue weighted by Gasteiger charge is -2.21. The Kier molecular flexibility index (Phi) is 11.6. The molecule has 0 spiro atoms. The highest BCUT2D eigenvalue weighted by molar-refractivity contribution is 5.96. The van der Waals surface area contributed by atoms with Gasteiger partial charge in [-0.2, -0.15) is 10.2 Å². The third kappa shape index (κ3) is 8.93. The van der Waals surface area contributed by atoms with E-state index in [-0.39, 0.29) is 13.1 Å². The van der Waals surface area contributed by atoms with E-state index in [1.807, 2.05) is 73.5 Å². The number of benzene rings is 2. The van der Waals surface area contributed by atoms with Gasteiger partial charge in [-0.1, -0.05) is 0 Å². The zero-order valence-corrected chi connectivity index (χ0v) is 33.1. The van der Waals surface area contributed by atoms with Gasteiger partial charge in [0.15, 0.2) is 0 Å². The largest absolute Gasteiger partial charge is 0.444 e. The van der Waals surface area contributed by atoms with Crippen LogP contribution in [0.15, 0.2) is 48.5 Å². The van der Waals surface area contributed by atoms with Crippen molar-refractivity contribution in [3.05, 3.63) is 65.5 Å². The molecule has 0 bridgehead atoms. The first-order valence-corrected chi connectivity index (χ1v) is 18.9. The number of aromatic nitrogens is 8. The number of fused-ring (bicyclic) bond motifs is 2. The van der Waals surface area contributed by atoms with E-state index in [4.69, 9.17) is 20.4 Å². The van der Waals surface area contributed by atoms with E-state index in [1.54, 1.807) is 32.9 Å². The average molecular weight is 766 g/mol. The average Bonchev–Trinajstić information content (AvgIpc) is 3.89. The number of alkyl carbamates (subject to hydrolysis) is 1. The first-order valence-electron chi connectivity index (χ1n) is 18.9. The molecule has 3 amide bonds.